The van der Waals surface area contributed by atoms with Gasteiger partial charge in [0.25, 0.3) is 0 Å². The van der Waals surface area contributed by atoms with E-state index < -0.39 is 0 Å². The highest BCUT2D eigenvalue weighted by Gasteiger charge is 2.39. The largest absolute Gasteiger partial charge is 0.353 e. The fourth-order valence-electron chi connectivity index (χ4n) is 4.88. The summed E-state index contributed by atoms with van der Waals surface area (Å²) in [7, 11) is 0. The molecule has 2 fully saturated rings. The molecule has 3 N–H and O–H groups in total. The lowest BCUT2D eigenvalue weighted by atomic mass is 9.67. The normalized spacial score (nSPS) is 29.4. The first kappa shape index (κ1) is 15.6. The zero-order valence-electron chi connectivity index (χ0n) is 14.1. The molecule has 0 radical (unpaired) electrons. The van der Waals surface area contributed by atoms with Gasteiger partial charge >= 0.3 is 0 Å². The second kappa shape index (κ2) is 6.56. The standard InChI is InChI=1S/C21H26N2O/c22-18-11-16-8-4-9-17(12-18)21(16)23-20(24)13-15-7-3-6-14-5-1-2-10-19(14)15/h1-3,5-7,10,16-18,21H,4,8-9,11-13,22H2,(H,23,24). The van der Waals surface area contributed by atoms with Crippen LogP contribution in [0, 0.1) is 11.8 Å². The Bertz CT molecular complexity index is 722. The van der Waals surface area contributed by atoms with Gasteiger partial charge in [0.15, 0.2) is 0 Å². The molecule has 2 aromatic rings. The minimum Gasteiger partial charge on any atom is -0.353 e. The van der Waals surface area contributed by atoms with Crippen molar-refractivity contribution in [3.05, 3.63) is 48.0 Å². The third kappa shape index (κ3) is 3.05. The quantitative estimate of drug-likeness (QED) is 0.910. The molecule has 2 aliphatic rings. The number of nitrogens with two attached hydrogens (primary N) is 1. The van der Waals surface area contributed by atoms with Gasteiger partial charge in [-0.1, -0.05) is 48.9 Å². The molecular formula is C21H26N2O. The lowest BCUT2D eigenvalue weighted by molar-refractivity contribution is -0.122. The van der Waals surface area contributed by atoms with Crippen LogP contribution in [0.2, 0.25) is 0 Å². The molecule has 2 aromatic carbocycles. The fraction of sp³-hybridized carbons (Fsp3) is 0.476. The molecule has 2 bridgehead atoms. The molecule has 126 valence electrons. The SMILES string of the molecule is NC1CC2CCCC(C1)C2NC(=O)Cc1cccc2ccccc12. The van der Waals surface area contributed by atoms with Crippen LogP contribution in [0.1, 0.15) is 37.7 Å². The van der Waals surface area contributed by atoms with E-state index in [-0.39, 0.29) is 5.91 Å². The molecular weight excluding hydrogens is 296 g/mol. The summed E-state index contributed by atoms with van der Waals surface area (Å²) in [4.78, 5) is 12.7. The van der Waals surface area contributed by atoms with Crippen molar-refractivity contribution in [1.82, 2.24) is 5.32 Å². The van der Waals surface area contributed by atoms with E-state index in [1.54, 1.807) is 0 Å². The Kier molecular flexibility index (Phi) is 4.28. The van der Waals surface area contributed by atoms with E-state index >= 15 is 0 Å². The molecule has 0 aromatic heterocycles. The second-order valence-corrected chi connectivity index (χ2v) is 7.59. The van der Waals surface area contributed by atoms with Gasteiger partial charge in [-0.2, -0.15) is 0 Å². The van der Waals surface area contributed by atoms with Crippen molar-refractivity contribution in [3.63, 3.8) is 0 Å². The number of amides is 1. The molecule has 24 heavy (non-hydrogen) atoms. The van der Waals surface area contributed by atoms with Crippen LogP contribution in [-0.2, 0) is 11.2 Å². The predicted octanol–water partition coefficient (Wildman–Crippen LogP) is 3.40. The minimum atomic E-state index is 0.156. The van der Waals surface area contributed by atoms with E-state index in [0.29, 0.717) is 30.3 Å². The molecule has 0 aliphatic heterocycles. The maximum absolute atomic E-state index is 12.7. The summed E-state index contributed by atoms with van der Waals surface area (Å²) in [6, 6.07) is 15.2. The summed E-state index contributed by atoms with van der Waals surface area (Å²) in [5, 5.41) is 5.74. The van der Waals surface area contributed by atoms with Gasteiger partial charge < -0.3 is 11.1 Å². The summed E-state index contributed by atoms with van der Waals surface area (Å²) >= 11 is 0. The van der Waals surface area contributed by atoms with Gasteiger partial charge in [0.05, 0.1) is 6.42 Å². The van der Waals surface area contributed by atoms with Gasteiger partial charge in [0, 0.05) is 12.1 Å². The van der Waals surface area contributed by atoms with E-state index in [0.717, 1.165) is 18.4 Å². The Balaban J connectivity index is 1.48. The number of rotatable bonds is 3. The van der Waals surface area contributed by atoms with Crippen LogP contribution in [0.4, 0.5) is 0 Å². The zero-order valence-corrected chi connectivity index (χ0v) is 14.1. The molecule has 0 saturated heterocycles. The smallest absolute Gasteiger partial charge is 0.224 e. The van der Waals surface area contributed by atoms with Crippen molar-refractivity contribution in [2.45, 2.75) is 50.6 Å². The van der Waals surface area contributed by atoms with E-state index in [1.807, 2.05) is 18.2 Å². The Morgan fingerprint density at radius 3 is 2.54 bits per heavy atom. The van der Waals surface area contributed by atoms with E-state index in [4.69, 9.17) is 5.73 Å². The van der Waals surface area contributed by atoms with Gasteiger partial charge in [-0.3, -0.25) is 4.79 Å². The van der Waals surface area contributed by atoms with Crippen LogP contribution < -0.4 is 11.1 Å². The topological polar surface area (TPSA) is 55.1 Å². The summed E-state index contributed by atoms with van der Waals surface area (Å²) in [5.41, 5.74) is 7.31. The summed E-state index contributed by atoms with van der Waals surface area (Å²) in [6.07, 6.45) is 6.30. The van der Waals surface area contributed by atoms with E-state index in [1.165, 1.54) is 30.0 Å². The van der Waals surface area contributed by atoms with Crippen molar-refractivity contribution < 1.29 is 4.79 Å². The maximum atomic E-state index is 12.7. The lowest BCUT2D eigenvalue weighted by Gasteiger charge is -2.45. The van der Waals surface area contributed by atoms with E-state index in [2.05, 4.69) is 29.6 Å². The zero-order chi connectivity index (χ0) is 16.5. The number of carbonyl (C=O) groups excluding carboxylic acids is 1. The number of nitrogens with one attached hydrogen (secondary N) is 1. The second-order valence-electron chi connectivity index (χ2n) is 7.59. The fourth-order valence-corrected chi connectivity index (χ4v) is 4.88. The van der Waals surface area contributed by atoms with Crippen molar-refractivity contribution >= 4 is 16.7 Å². The Hall–Kier alpha value is -1.87. The van der Waals surface area contributed by atoms with Crippen molar-refractivity contribution in [2.24, 2.45) is 17.6 Å². The summed E-state index contributed by atoms with van der Waals surface area (Å²) in [6.45, 7) is 0. The van der Waals surface area contributed by atoms with Gasteiger partial charge in [-0.25, -0.2) is 0 Å². The first-order valence-corrected chi connectivity index (χ1v) is 9.22. The third-order valence-electron chi connectivity index (χ3n) is 5.94. The highest BCUT2D eigenvalue weighted by molar-refractivity contribution is 5.90. The Morgan fingerprint density at radius 1 is 1.04 bits per heavy atom. The van der Waals surface area contributed by atoms with Crippen LogP contribution in [0.25, 0.3) is 10.8 Å². The molecule has 4 rings (SSSR count). The number of carbonyl (C=O) groups is 1. The molecule has 2 saturated carbocycles. The Labute approximate surface area is 143 Å². The number of benzene rings is 2. The molecule has 2 atom stereocenters. The van der Waals surface area contributed by atoms with Crippen LogP contribution in [0.3, 0.4) is 0 Å². The predicted molar refractivity (Wildman–Crippen MR) is 97.6 cm³/mol. The molecule has 0 heterocycles. The van der Waals surface area contributed by atoms with Crippen molar-refractivity contribution in [3.8, 4) is 0 Å². The molecule has 2 aliphatic carbocycles. The van der Waals surface area contributed by atoms with Gasteiger partial charge in [0.1, 0.15) is 0 Å². The molecule has 3 nitrogen and oxygen atoms in total. The highest BCUT2D eigenvalue weighted by atomic mass is 16.1. The van der Waals surface area contributed by atoms with Crippen LogP contribution in [0.15, 0.2) is 42.5 Å². The first-order chi connectivity index (χ1) is 11.7. The van der Waals surface area contributed by atoms with E-state index in [9.17, 15) is 4.79 Å². The molecule has 0 spiro atoms. The monoisotopic (exact) mass is 322 g/mol. The summed E-state index contributed by atoms with van der Waals surface area (Å²) < 4.78 is 0. The van der Waals surface area contributed by atoms with Crippen LogP contribution in [-0.4, -0.2) is 18.0 Å². The molecule has 1 amide bonds. The van der Waals surface area contributed by atoms with Crippen molar-refractivity contribution in [1.29, 1.82) is 0 Å². The van der Waals surface area contributed by atoms with Crippen LogP contribution >= 0.6 is 0 Å². The summed E-state index contributed by atoms with van der Waals surface area (Å²) in [5.74, 6) is 1.30. The molecule has 2 unspecified atom stereocenters. The Morgan fingerprint density at radius 2 is 1.75 bits per heavy atom. The third-order valence-corrected chi connectivity index (χ3v) is 5.94. The minimum absolute atomic E-state index is 0.156. The number of hydrogen-bond acceptors (Lipinski definition) is 2. The first-order valence-electron chi connectivity index (χ1n) is 9.22. The van der Waals surface area contributed by atoms with Gasteiger partial charge in [0.2, 0.25) is 5.91 Å². The van der Waals surface area contributed by atoms with Crippen molar-refractivity contribution in [2.75, 3.05) is 0 Å². The van der Waals surface area contributed by atoms with Gasteiger partial charge in [-0.15, -0.1) is 0 Å². The number of fused-ring (bicyclic) bond motifs is 3. The highest BCUT2D eigenvalue weighted by Crippen LogP contribution is 2.39. The number of hydrogen-bond donors (Lipinski definition) is 2. The van der Waals surface area contributed by atoms with Gasteiger partial charge in [-0.05, 0) is 53.9 Å². The average Bonchev–Trinajstić information content (AvgIpc) is 2.56. The van der Waals surface area contributed by atoms with Crippen LogP contribution in [0.5, 0.6) is 0 Å². The average molecular weight is 322 g/mol. The maximum Gasteiger partial charge on any atom is 0.224 e. The molecule has 3 heteroatoms. The lowest BCUT2D eigenvalue weighted by Crippen LogP contribution is -2.54.